The molecule has 0 aliphatic rings. The summed E-state index contributed by atoms with van der Waals surface area (Å²) in [6.07, 6.45) is 1.28. The van der Waals surface area contributed by atoms with Crippen LogP contribution in [-0.2, 0) is 11.3 Å². The second-order valence-electron chi connectivity index (χ2n) is 4.18. The molecule has 0 bridgehead atoms. The number of hydrogen-bond acceptors (Lipinski definition) is 3. The summed E-state index contributed by atoms with van der Waals surface area (Å²) >= 11 is 0. The summed E-state index contributed by atoms with van der Waals surface area (Å²) < 4.78 is 10.8. The van der Waals surface area contributed by atoms with Gasteiger partial charge in [0, 0.05) is 13.7 Å². The van der Waals surface area contributed by atoms with Crippen LogP contribution in [0.3, 0.4) is 0 Å². The van der Waals surface area contributed by atoms with Gasteiger partial charge in [-0.1, -0.05) is 19.1 Å². The number of benzene rings is 1. The Balaban J connectivity index is 2.42. The number of ether oxygens (including phenoxy) is 2. The Hall–Kier alpha value is -1.06. The van der Waals surface area contributed by atoms with Crippen LogP contribution in [0.15, 0.2) is 24.3 Å². The second-order valence-corrected chi connectivity index (χ2v) is 4.18. The Bertz CT molecular complexity index is 315. The molecule has 0 aromatic heterocycles. The van der Waals surface area contributed by atoms with Crippen molar-refractivity contribution in [3.63, 3.8) is 0 Å². The highest BCUT2D eigenvalue weighted by atomic mass is 16.5. The molecule has 0 radical (unpaired) electrons. The molecule has 0 saturated heterocycles. The summed E-state index contributed by atoms with van der Waals surface area (Å²) in [5, 5.41) is 3.37. The Labute approximate surface area is 104 Å². The van der Waals surface area contributed by atoms with Crippen molar-refractivity contribution in [2.45, 2.75) is 32.9 Å². The van der Waals surface area contributed by atoms with Crippen LogP contribution in [0, 0.1) is 0 Å². The van der Waals surface area contributed by atoms with Crippen molar-refractivity contribution in [2.75, 3.05) is 20.3 Å². The zero-order valence-electron chi connectivity index (χ0n) is 11.0. The van der Waals surface area contributed by atoms with Gasteiger partial charge in [-0.05, 0) is 37.6 Å². The predicted octanol–water partition coefficient (Wildman–Crippen LogP) is 2.60. The van der Waals surface area contributed by atoms with E-state index in [1.54, 1.807) is 7.11 Å². The van der Waals surface area contributed by atoms with Crippen LogP contribution >= 0.6 is 0 Å². The van der Waals surface area contributed by atoms with E-state index in [-0.39, 0.29) is 6.10 Å². The molecule has 96 valence electrons. The summed E-state index contributed by atoms with van der Waals surface area (Å²) in [5.74, 6) is 0.907. The fraction of sp³-hybridized carbons (Fsp3) is 0.571. The molecule has 0 aliphatic carbocycles. The molecule has 1 rings (SSSR count). The van der Waals surface area contributed by atoms with Gasteiger partial charge in [0.25, 0.3) is 0 Å². The van der Waals surface area contributed by atoms with Gasteiger partial charge in [-0.3, -0.25) is 0 Å². The topological polar surface area (TPSA) is 30.5 Å². The monoisotopic (exact) mass is 237 g/mol. The maximum absolute atomic E-state index is 5.65. The minimum absolute atomic E-state index is 0.122. The zero-order chi connectivity index (χ0) is 12.5. The minimum Gasteiger partial charge on any atom is -0.491 e. The van der Waals surface area contributed by atoms with Crippen molar-refractivity contribution >= 4 is 0 Å². The molecule has 17 heavy (non-hydrogen) atoms. The first-order valence-corrected chi connectivity index (χ1v) is 6.21. The summed E-state index contributed by atoms with van der Waals surface area (Å²) in [4.78, 5) is 0. The third-order valence-electron chi connectivity index (χ3n) is 2.54. The SMILES string of the molecule is CCCNCc1cccc(OCC(C)OC)c1. The molecule has 3 heteroatoms. The molecule has 1 aromatic carbocycles. The van der Waals surface area contributed by atoms with Crippen LogP contribution in [0.4, 0.5) is 0 Å². The fourth-order valence-electron chi connectivity index (χ4n) is 1.44. The number of methoxy groups -OCH3 is 1. The standard InChI is InChI=1S/C14H23NO2/c1-4-8-15-10-13-6-5-7-14(9-13)17-11-12(2)16-3/h5-7,9,12,15H,4,8,10-11H2,1-3H3. The average molecular weight is 237 g/mol. The lowest BCUT2D eigenvalue weighted by atomic mass is 10.2. The minimum atomic E-state index is 0.122. The Morgan fingerprint density at radius 2 is 2.18 bits per heavy atom. The maximum Gasteiger partial charge on any atom is 0.119 e. The predicted molar refractivity (Wildman–Crippen MR) is 70.4 cm³/mol. The first kappa shape index (κ1) is 14.0. The van der Waals surface area contributed by atoms with Gasteiger partial charge in [-0.15, -0.1) is 0 Å². The van der Waals surface area contributed by atoms with Gasteiger partial charge in [0.05, 0.1) is 6.10 Å². The molecule has 0 spiro atoms. The first-order valence-electron chi connectivity index (χ1n) is 6.21. The van der Waals surface area contributed by atoms with Crippen LogP contribution in [-0.4, -0.2) is 26.4 Å². The van der Waals surface area contributed by atoms with E-state index in [4.69, 9.17) is 9.47 Å². The van der Waals surface area contributed by atoms with Crippen LogP contribution in [0.25, 0.3) is 0 Å². The van der Waals surface area contributed by atoms with E-state index in [9.17, 15) is 0 Å². The van der Waals surface area contributed by atoms with Crippen molar-refractivity contribution in [2.24, 2.45) is 0 Å². The highest BCUT2D eigenvalue weighted by molar-refractivity contribution is 5.28. The highest BCUT2D eigenvalue weighted by Gasteiger charge is 2.01. The molecule has 1 aromatic rings. The van der Waals surface area contributed by atoms with Gasteiger partial charge in [0.1, 0.15) is 12.4 Å². The third-order valence-corrected chi connectivity index (χ3v) is 2.54. The molecular weight excluding hydrogens is 214 g/mol. The van der Waals surface area contributed by atoms with Gasteiger partial charge in [-0.25, -0.2) is 0 Å². The molecular formula is C14H23NO2. The number of nitrogens with one attached hydrogen (secondary N) is 1. The smallest absolute Gasteiger partial charge is 0.119 e. The van der Waals surface area contributed by atoms with E-state index in [1.165, 1.54) is 5.56 Å². The molecule has 0 heterocycles. The van der Waals surface area contributed by atoms with Crippen molar-refractivity contribution in [1.82, 2.24) is 5.32 Å². The molecule has 1 unspecified atom stereocenters. The summed E-state index contributed by atoms with van der Waals surface area (Å²) in [7, 11) is 1.69. The number of hydrogen-bond donors (Lipinski definition) is 1. The van der Waals surface area contributed by atoms with Crippen LogP contribution in [0.2, 0.25) is 0 Å². The molecule has 0 aliphatic heterocycles. The van der Waals surface area contributed by atoms with E-state index < -0.39 is 0 Å². The van der Waals surface area contributed by atoms with E-state index in [0.29, 0.717) is 6.61 Å². The van der Waals surface area contributed by atoms with E-state index in [1.807, 2.05) is 19.1 Å². The fourth-order valence-corrected chi connectivity index (χ4v) is 1.44. The molecule has 0 amide bonds. The average Bonchev–Trinajstić information content (AvgIpc) is 2.37. The summed E-state index contributed by atoms with van der Waals surface area (Å²) in [5.41, 5.74) is 1.25. The van der Waals surface area contributed by atoms with Gasteiger partial charge in [-0.2, -0.15) is 0 Å². The first-order chi connectivity index (χ1) is 8.26. The van der Waals surface area contributed by atoms with Gasteiger partial charge >= 0.3 is 0 Å². The molecule has 0 fully saturated rings. The van der Waals surface area contributed by atoms with Crippen molar-refractivity contribution < 1.29 is 9.47 Å². The van der Waals surface area contributed by atoms with Crippen molar-refractivity contribution in [3.05, 3.63) is 29.8 Å². The Morgan fingerprint density at radius 3 is 2.88 bits per heavy atom. The van der Waals surface area contributed by atoms with E-state index in [2.05, 4.69) is 24.4 Å². The van der Waals surface area contributed by atoms with Crippen LogP contribution in [0.1, 0.15) is 25.8 Å². The highest BCUT2D eigenvalue weighted by Crippen LogP contribution is 2.13. The maximum atomic E-state index is 5.65. The van der Waals surface area contributed by atoms with Gasteiger partial charge in [0.15, 0.2) is 0 Å². The van der Waals surface area contributed by atoms with E-state index >= 15 is 0 Å². The summed E-state index contributed by atoms with van der Waals surface area (Å²) in [6.45, 7) is 6.68. The lowest BCUT2D eigenvalue weighted by Crippen LogP contribution is -2.16. The van der Waals surface area contributed by atoms with Gasteiger partial charge < -0.3 is 14.8 Å². The van der Waals surface area contributed by atoms with Crippen LogP contribution in [0.5, 0.6) is 5.75 Å². The zero-order valence-corrected chi connectivity index (χ0v) is 11.0. The molecule has 3 nitrogen and oxygen atoms in total. The lowest BCUT2D eigenvalue weighted by Gasteiger charge is -2.12. The second kappa shape index (κ2) is 8.09. The van der Waals surface area contributed by atoms with Crippen molar-refractivity contribution in [1.29, 1.82) is 0 Å². The normalized spacial score (nSPS) is 12.4. The Kier molecular flexibility index (Phi) is 6.67. The Morgan fingerprint density at radius 1 is 1.35 bits per heavy atom. The van der Waals surface area contributed by atoms with Crippen molar-refractivity contribution in [3.8, 4) is 5.75 Å². The van der Waals surface area contributed by atoms with E-state index in [0.717, 1.165) is 25.3 Å². The largest absolute Gasteiger partial charge is 0.491 e. The molecule has 0 saturated carbocycles. The summed E-state index contributed by atoms with van der Waals surface area (Å²) in [6, 6.07) is 8.18. The quantitative estimate of drug-likeness (QED) is 0.705. The molecule has 1 atom stereocenters. The number of rotatable bonds is 8. The third kappa shape index (κ3) is 5.71. The molecule has 1 N–H and O–H groups in total. The lowest BCUT2D eigenvalue weighted by molar-refractivity contribution is 0.0716. The van der Waals surface area contributed by atoms with Crippen LogP contribution < -0.4 is 10.1 Å². The van der Waals surface area contributed by atoms with Gasteiger partial charge in [0.2, 0.25) is 0 Å².